The molecule has 0 spiro atoms. The Morgan fingerprint density at radius 2 is 2.08 bits per heavy atom. The minimum Gasteiger partial charge on any atom is -0.352 e. The van der Waals surface area contributed by atoms with Crippen molar-refractivity contribution in [2.75, 3.05) is 17.3 Å². The number of rotatable bonds is 6. The fourth-order valence-electron chi connectivity index (χ4n) is 2.28. The Morgan fingerprint density at radius 1 is 1.38 bits per heavy atom. The number of hydrogen-bond acceptors (Lipinski definition) is 7. The van der Waals surface area contributed by atoms with E-state index in [1.807, 2.05) is 0 Å². The number of alkyl halides is 3. The SMILES string of the molecule is O=C(CSc1ccc(SC(F)(F)F)cc1[N+](=O)[O-])NC1CCS(=O)(=O)C1. The van der Waals surface area contributed by atoms with Crippen molar-refractivity contribution in [2.24, 2.45) is 0 Å². The first-order chi connectivity index (χ1) is 12.0. The molecule has 144 valence electrons. The Kier molecular flexibility index (Phi) is 6.45. The van der Waals surface area contributed by atoms with E-state index in [-0.39, 0.29) is 27.0 Å². The van der Waals surface area contributed by atoms with Gasteiger partial charge in [0.1, 0.15) is 0 Å². The van der Waals surface area contributed by atoms with Crippen LogP contribution in [0.5, 0.6) is 0 Å². The zero-order valence-corrected chi connectivity index (χ0v) is 15.4. The number of benzene rings is 1. The number of nitro groups is 1. The van der Waals surface area contributed by atoms with Gasteiger partial charge in [0.15, 0.2) is 9.84 Å². The largest absolute Gasteiger partial charge is 0.446 e. The van der Waals surface area contributed by atoms with Crippen LogP contribution in [0.4, 0.5) is 18.9 Å². The Hall–Kier alpha value is -1.47. The van der Waals surface area contributed by atoms with Gasteiger partial charge in [-0.15, -0.1) is 11.8 Å². The molecular weight excluding hydrogens is 417 g/mol. The third-order valence-corrected chi connectivity index (χ3v) is 6.87. The fraction of sp³-hybridized carbons (Fsp3) is 0.462. The average Bonchev–Trinajstić information content (AvgIpc) is 2.83. The fourth-order valence-corrected chi connectivity index (χ4v) is 5.34. The van der Waals surface area contributed by atoms with Crippen LogP contribution in [0.15, 0.2) is 28.0 Å². The second kappa shape index (κ2) is 8.05. The molecule has 1 saturated heterocycles. The highest BCUT2D eigenvalue weighted by Gasteiger charge is 2.31. The minimum absolute atomic E-state index is 0.00506. The van der Waals surface area contributed by atoms with Gasteiger partial charge in [0, 0.05) is 17.0 Å². The summed E-state index contributed by atoms with van der Waals surface area (Å²) in [4.78, 5) is 21.9. The molecule has 13 heteroatoms. The summed E-state index contributed by atoms with van der Waals surface area (Å²) < 4.78 is 59.8. The summed E-state index contributed by atoms with van der Waals surface area (Å²) in [5, 5.41) is 13.6. The number of nitro benzene ring substituents is 1. The molecule has 1 amide bonds. The van der Waals surface area contributed by atoms with Crippen LogP contribution >= 0.6 is 23.5 Å². The topological polar surface area (TPSA) is 106 Å². The summed E-state index contributed by atoms with van der Waals surface area (Å²) in [7, 11) is -3.15. The Morgan fingerprint density at radius 3 is 2.62 bits per heavy atom. The maximum Gasteiger partial charge on any atom is 0.446 e. The highest BCUT2D eigenvalue weighted by Crippen LogP contribution is 2.40. The second-order valence-electron chi connectivity index (χ2n) is 5.39. The molecule has 1 atom stereocenters. The monoisotopic (exact) mass is 430 g/mol. The van der Waals surface area contributed by atoms with E-state index in [4.69, 9.17) is 0 Å². The van der Waals surface area contributed by atoms with E-state index in [2.05, 4.69) is 5.32 Å². The molecule has 26 heavy (non-hydrogen) atoms. The van der Waals surface area contributed by atoms with E-state index in [0.717, 1.165) is 30.0 Å². The Balaban J connectivity index is 2.00. The first-order valence-corrected chi connectivity index (χ1v) is 10.7. The smallest absolute Gasteiger partial charge is 0.352 e. The standard InChI is InChI=1S/C13H13F3N2O5S3/c14-13(15,16)25-9-1-2-11(10(5-9)18(20)21)24-6-12(19)17-8-3-4-26(22,23)7-8/h1-2,5,8H,3-4,6-7H2,(H,17,19). The number of halogens is 3. The highest BCUT2D eigenvalue weighted by molar-refractivity contribution is 8.00. The summed E-state index contributed by atoms with van der Waals surface area (Å²) in [6.07, 6.45) is 0.308. The second-order valence-corrected chi connectivity index (χ2v) is 9.77. The molecule has 0 aromatic heterocycles. The number of carbonyl (C=O) groups is 1. The molecule has 1 N–H and O–H groups in total. The van der Waals surface area contributed by atoms with Crippen molar-refractivity contribution >= 4 is 45.0 Å². The van der Waals surface area contributed by atoms with Gasteiger partial charge in [-0.3, -0.25) is 14.9 Å². The molecule has 0 bridgehead atoms. The van der Waals surface area contributed by atoms with Gasteiger partial charge in [0.2, 0.25) is 5.91 Å². The molecule has 1 aromatic rings. The predicted molar refractivity (Wildman–Crippen MR) is 90.9 cm³/mol. The lowest BCUT2D eigenvalue weighted by atomic mass is 10.3. The Bertz CT molecular complexity index is 814. The summed E-state index contributed by atoms with van der Waals surface area (Å²) in [6.45, 7) is 0. The van der Waals surface area contributed by atoms with E-state index < -0.39 is 49.7 Å². The van der Waals surface area contributed by atoms with Gasteiger partial charge < -0.3 is 5.32 Å². The third-order valence-electron chi connectivity index (χ3n) is 3.32. The molecule has 7 nitrogen and oxygen atoms in total. The summed E-state index contributed by atoms with van der Waals surface area (Å²) >= 11 is 0.336. The predicted octanol–water partition coefficient (Wildman–Crippen LogP) is 2.60. The van der Waals surface area contributed by atoms with Crippen molar-refractivity contribution in [3.63, 3.8) is 0 Å². The van der Waals surface area contributed by atoms with Crippen LogP contribution in [-0.2, 0) is 14.6 Å². The number of thioether (sulfide) groups is 2. The first kappa shape index (κ1) is 20.8. The zero-order chi connectivity index (χ0) is 19.5. The maximum absolute atomic E-state index is 12.4. The van der Waals surface area contributed by atoms with Crippen molar-refractivity contribution < 1.29 is 31.3 Å². The normalized spacial score (nSPS) is 19.3. The van der Waals surface area contributed by atoms with Crippen LogP contribution in [0, 0.1) is 10.1 Å². The van der Waals surface area contributed by atoms with Gasteiger partial charge in [-0.2, -0.15) is 13.2 Å². The van der Waals surface area contributed by atoms with Crippen LogP contribution in [0.1, 0.15) is 6.42 Å². The molecule has 1 heterocycles. The third kappa shape index (κ3) is 6.36. The summed E-state index contributed by atoms with van der Waals surface area (Å²) in [5.74, 6) is -0.870. The lowest BCUT2D eigenvalue weighted by molar-refractivity contribution is -0.387. The number of nitrogens with zero attached hydrogens (tertiary/aromatic N) is 1. The van der Waals surface area contributed by atoms with Crippen molar-refractivity contribution in [2.45, 2.75) is 27.8 Å². The number of nitrogens with one attached hydrogen (secondary N) is 1. The Labute approximate surface area is 155 Å². The van der Waals surface area contributed by atoms with Crippen LogP contribution in [0.25, 0.3) is 0 Å². The van der Waals surface area contributed by atoms with Gasteiger partial charge >= 0.3 is 5.51 Å². The van der Waals surface area contributed by atoms with E-state index in [9.17, 15) is 36.5 Å². The molecular formula is C13H13F3N2O5S3. The lowest BCUT2D eigenvalue weighted by Crippen LogP contribution is -2.36. The zero-order valence-electron chi connectivity index (χ0n) is 13.0. The molecule has 0 aliphatic carbocycles. The highest BCUT2D eigenvalue weighted by atomic mass is 32.2. The quantitative estimate of drug-likeness (QED) is 0.420. The molecule has 1 aliphatic rings. The van der Waals surface area contributed by atoms with Crippen molar-refractivity contribution in [1.82, 2.24) is 5.32 Å². The van der Waals surface area contributed by atoms with Crippen molar-refractivity contribution in [3.05, 3.63) is 28.3 Å². The minimum atomic E-state index is -4.57. The molecule has 1 fully saturated rings. The molecule has 2 rings (SSSR count). The van der Waals surface area contributed by atoms with Crippen LogP contribution in [0.3, 0.4) is 0 Å². The van der Waals surface area contributed by atoms with E-state index in [1.165, 1.54) is 0 Å². The van der Waals surface area contributed by atoms with Crippen molar-refractivity contribution in [3.8, 4) is 0 Å². The van der Waals surface area contributed by atoms with E-state index in [1.54, 1.807) is 0 Å². The number of carbonyl (C=O) groups excluding carboxylic acids is 1. The molecule has 1 aromatic carbocycles. The van der Waals surface area contributed by atoms with Gasteiger partial charge in [-0.1, -0.05) is 0 Å². The summed E-state index contributed by atoms with van der Waals surface area (Å²) in [6, 6.07) is 2.56. The van der Waals surface area contributed by atoms with Gasteiger partial charge in [0.05, 0.1) is 27.1 Å². The number of sulfone groups is 1. The molecule has 1 unspecified atom stereocenters. The lowest BCUT2D eigenvalue weighted by Gasteiger charge is -2.11. The number of amides is 1. The maximum atomic E-state index is 12.4. The van der Waals surface area contributed by atoms with Gasteiger partial charge in [-0.05, 0) is 30.3 Å². The summed E-state index contributed by atoms with van der Waals surface area (Å²) in [5.41, 5.74) is -5.09. The molecule has 0 radical (unpaired) electrons. The molecule has 0 saturated carbocycles. The van der Waals surface area contributed by atoms with Crippen LogP contribution in [-0.4, -0.2) is 48.1 Å². The average molecular weight is 430 g/mol. The number of hydrogen-bond donors (Lipinski definition) is 1. The first-order valence-electron chi connectivity index (χ1n) is 7.12. The van der Waals surface area contributed by atoms with Crippen molar-refractivity contribution in [1.29, 1.82) is 0 Å². The van der Waals surface area contributed by atoms with E-state index >= 15 is 0 Å². The van der Waals surface area contributed by atoms with Crippen LogP contribution < -0.4 is 5.32 Å². The van der Waals surface area contributed by atoms with E-state index in [0.29, 0.717) is 6.42 Å². The van der Waals surface area contributed by atoms with Crippen LogP contribution in [0.2, 0.25) is 0 Å². The van der Waals surface area contributed by atoms with Gasteiger partial charge in [0.25, 0.3) is 5.69 Å². The van der Waals surface area contributed by atoms with Gasteiger partial charge in [-0.25, -0.2) is 8.42 Å². The molecule has 1 aliphatic heterocycles.